The molecule has 1 aliphatic heterocycles. The molecule has 134 valence electrons. The largest absolute Gasteiger partial charge is 0.454 e. The van der Waals surface area contributed by atoms with Crippen molar-refractivity contribution in [2.45, 2.75) is 0 Å². The number of hydrogen-bond donors (Lipinski definition) is 2. The molecule has 0 fully saturated rings. The van der Waals surface area contributed by atoms with Gasteiger partial charge in [0.15, 0.2) is 16.6 Å². The fourth-order valence-corrected chi connectivity index (χ4v) is 3.03. The van der Waals surface area contributed by atoms with Crippen LogP contribution in [-0.2, 0) is 0 Å². The molecule has 2 N–H and O–H groups in total. The van der Waals surface area contributed by atoms with Crippen molar-refractivity contribution in [3.8, 4) is 22.6 Å². The molecule has 0 atom stereocenters. The lowest BCUT2D eigenvalue weighted by Crippen LogP contribution is -2.34. The zero-order valence-electron chi connectivity index (χ0n) is 14.3. The monoisotopic (exact) mass is 376 g/mol. The molecule has 4 rings (SSSR count). The number of anilines is 1. The van der Waals surface area contributed by atoms with Crippen LogP contribution in [0.5, 0.6) is 11.5 Å². The van der Waals surface area contributed by atoms with Gasteiger partial charge in [-0.15, -0.1) is 0 Å². The summed E-state index contributed by atoms with van der Waals surface area (Å²) in [5.74, 6) is 0.864. The Bertz CT molecular complexity index is 1010. The van der Waals surface area contributed by atoms with Gasteiger partial charge in [-0.1, -0.05) is 48.5 Å². The Hall–Kier alpha value is -3.38. The molecule has 0 saturated heterocycles. The summed E-state index contributed by atoms with van der Waals surface area (Å²) >= 11 is 5.32. The minimum absolute atomic E-state index is 0.163. The molecule has 6 heteroatoms. The molecule has 3 aromatic rings. The van der Waals surface area contributed by atoms with Crippen LogP contribution in [-0.4, -0.2) is 17.8 Å². The van der Waals surface area contributed by atoms with Crippen molar-refractivity contribution in [3.63, 3.8) is 0 Å². The van der Waals surface area contributed by atoms with E-state index in [0.717, 1.165) is 16.8 Å². The Balaban J connectivity index is 1.48. The van der Waals surface area contributed by atoms with E-state index in [4.69, 9.17) is 21.7 Å². The Morgan fingerprint density at radius 1 is 0.889 bits per heavy atom. The van der Waals surface area contributed by atoms with E-state index >= 15 is 0 Å². The Morgan fingerprint density at radius 2 is 1.63 bits per heavy atom. The summed E-state index contributed by atoms with van der Waals surface area (Å²) in [5.41, 5.74) is 3.32. The molecule has 1 heterocycles. The lowest BCUT2D eigenvalue weighted by molar-refractivity contribution is 0.0977. The van der Waals surface area contributed by atoms with Gasteiger partial charge in [0.1, 0.15) is 0 Å². The molecule has 0 bridgehead atoms. The SMILES string of the molecule is O=C(NC(=S)Nc1ccccc1-c1ccccc1)c1ccc2c(c1)OCO2. The van der Waals surface area contributed by atoms with Crippen molar-refractivity contribution in [3.05, 3.63) is 78.4 Å². The maximum Gasteiger partial charge on any atom is 0.257 e. The van der Waals surface area contributed by atoms with Crippen molar-refractivity contribution in [2.24, 2.45) is 0 Å². The van der Waals surface area contributed by atoms with Crippen LogP contribution >= 0.6 is 12.2 Å². The highest BCUT2D eigenvalue weighted by molar-refractivity contribution is 7.80. The van der Waals surface area contributed by atoms with Gasteiger partial charge in [-0.25, -0.2) is 0 Å². The third-order valence-electron chi connectivity index (χ3n) is 4.12. The highest BCUT2D eigenvalue weighted by atomic mass is 32.1. The van der Waals surface area contributed by atoms with Gasteiger partial charge in [-0.05, 0) is 42.0 Å². The van der Waals surface area contributed by atoms with Crippen LogP contribution in [0.1, 0.15) is 10.4 Å². The van der Waals surface area contributed by atoms with Gasteiger partial charge in [-0.3, -0.25) is 10.1 Å². The van der Waals surface area contributed by atoms with E-state index in [1.807, 2.05) is 54.6 Å². The van der Waals surface area contributed by atoms with Gasteiger partial charge in [0.05, 0.1) is 0 Å². The van der Waals surface area contributed by atoms with E-state index in [0.29, 0.717) is 17.1 Å². The molecular weight excluding hydrogens is 360 g/mol. The number of para-hydroxylation sites is 1. The van der Waals surface area contributed by atoms with Crippen LogP contribution in [0, 0.1) is 0 Å². The first-order valence-corrected chi connectivity index (χ1v) is 8.78. The summed E-state index contributed by atoms with van der Waals surface area (Å²) in [5, 5.41) is 6.03. The van der Waals surface area contributed by atoms with Gasteiger partial charge in [0.25, 0.3) is 5.91 Å². The first kappa shape index (κ1) is 17.1. The fourth-order valence-electron chi connectivity index (χ4n) is 2.83. The normalized spacial score (nSPS) is 11.7. The first-order valence-electron chi connectivity index (χ1n) is 8.37. The summed E-state index contributed by atoms with van der Waals surface area (Å²) in [4.78, 5) is 12.5. The third-order valence-corrected chi connectivity index (χ3v) is 4.33. The molecule has 0 aliphatic carbocycles. The van der Waals surface area contributed by atoms with E-state index < -0.39 is 0 Å². The van der Waals surface area contributed by atoms with Crippen molar-refractivity contribution in [1.82, 2.24) is 5.32 Å². The molecule has 27 heavy (non-hydrogen) atoms. The summed E-state index contributed by atoms with van der Waals surface area (Å²) in [6.07, 6.45) is 0. The number of benzene rings is 3. The molecule has 0 unspecified atom stereocenters. The first-order chi connectivity index (χ1) is 13.2. The minimum Gasteiger partial charge on any atom is -0.454 e. The number of fused-ring (bicyclic) bond motifs is 1. The van der Waals surface area contributed by atoms with Crippen LogP contribution in [0.2, 0.25) is 0 Å². The van der Waals surface area contributed by atoms with Gasteiger partial charge in [-0.2, -0.15) is 0 Å². The van der Waals surface area contributed by atoms with E-state index in [-0.39, 0.29) is 17.8 Å². The number of rotatable bonds is 3. The highest BCUT2D eigenvalue weighted by Gasteiger charge is 2.17. The summed E-state index contributed by atoms with van der Waals surface area (Å²) in [6.45, 7) is 0.163. The second-order valence-electron chi connectivity index (χ2n) is 5.89. The number of hydrogen-bond acceptors (Lipinski definition) is 4. The van der Waals surface area contributed by atoms with E-state index in [1.54, 1.807) is 18.2 Å². The Kier molecular flexibility index (Phi) is 4.72. The highest BCUT2D eigenvalue weighted by Crippen LogP contribution is 2.32. The number of carbonyl (C=O) groups excluding carboxylic acids is 1. The fraction of sp³-hybridized carbons (Fsp3) is 0.0476. The summed E-state index contributed by atoms with van der Waals surface area (Å²) < 4.78 is 10.6. The van der Waals surface area contributed by atoms with Crippen LogP contribution < -0.4 is 20.1 Å². The Morgan fingerprint density at radius 3 is 2.48 bits per heavy atom. The molecule has 0 radical (unpaired) electrons. The van der Waals surface area contributed by atoms with Gasteiger partial charge in [0, 0.05) is 16.8 Å². The number of carbonyl (C=O) groups is 1. The third kappa shape index (κ3) is 3.75. The average molecular weight is 376 g/mol. The zero-order chi connectivity index (χ0) is 18.6. The van der Waals surface area contributed by atoms with Crippen molar-refractivity contribution in [1.29, 1.82) is 0 Å². The van der Waals surface area contributed by atoms with E-state index in [2.05, 4.69) is 10.6 Å². The van der Waals surface area contributed by atoms with Crippen molar-refractivity contribution >= 4 is 28.9 Å². The van der Waals surface area contributed by atoms with Crippen molar-refractivity contribution in [2.75, 3.05) is 12.1 Å². The lowest BCUT2D eigenvalue weighted by Gasteiger charge is -2.14. The number of ether oxygens (including phenoxy) is 2. The zero-order valence-corrected chi connectivity index (χ0v) is 15.1. The maximum absolute atomic E-state index is 12.5. The molecule has 5 nitrogen and oxygen atoms in total. The second-order valence-corrected chi connectivity index (χ2v) is 6.30. The quantitative estimate of drug-likeness (QED) is 0.671. The van der Waals surface area contributed by atoms with E-state index in [1.165, 1.54) is 0 Å². The molecule has 1 amide bonds. The predicted molar refractivity (Wildman–Crippen MR) is 108 cm³/mol. The summed E-state index contributed by atoms with van der Waals surface area (Å²) in [6, 6.07) is 22.8. The smallest absolute Gasteiger partial charge is 0.257 e. The second kappa shape index (κ2) is 7.47. The molecule has 0 spiro atoms. The average Bonchev–Trinajstić information content (AvgIpc) is 3.17. The standard InChI is InChI=1S/C21H16N2O3S/c24-20(15-10-11-18-19(12-15)26-13-25-18)23-21(27)22-17-9-5-4-8-16(17)14-6-2-1-3-7-14/h1-12H,13H2,(H2,22,23,24,27). The molecule has 1 aliphatic rings. The molecule has 0 saturated carbocycles. The summed E-state index contributed by atoms with van der Waals surface area (Å²) in [7, 11) is 0. The predicted octanol–water partition coefficient (Wildman–Crippen LogP) is 4.21. The van der Waals surface area contributed by atoms with Gasteiger partial charge < -0.3 is 14.8 Å². The Labute approximate surface area is 161 Å². The molecular formula is C21H16N2O3S. The maximum atomic E-state index is 12.5. The number of nitrogens with one attached hydrogen (secondary N) is 2. The molecule has 3 aromatic carbocycles. The lowest BCUT2D eigenvalue weighted by atomic mass is 10.0. The topological polar surface area (TPSA) is 59.6 Å². The van der Waals surface area contributed by atoms with Crippen LogP contribution in [0.25, 0.3) is 11.1 Å². The van der Waals surface area contributed by atoms with Crippen molar-refractivity contribution < 1.29 is 14.3 Å². The van der Waals surface area contributed by atoms with Crippen LogP contribution in [0.4, 0.5) is 5.69 Å². The van der Waals surface area contributed by atoms with Gasteiger partial charge in [0.2, 0.25) is 6.79 Å². The number of thiocarbonyl (C=S) groups is 1. The molecule has 0 aromatic heterocycles. The van der Waals surface area contributed by atoms with Crippen LogP contribution in [0.3, 0.4) is 0 Å². The van der Waals surface area contributed by atoms with E-state index in [9.17, 15) is 4.79 Å². The number of amides is 1. The van der Waals surface area contributed by atoms with Gasteiger partial charge >= 0.3 is 0 Å². The minimum atomic E-state index is -0.317. The van der Waals surface area contributed by atoms with Crippen LogP contribution in [0.15, 0.2) is 72.8 Å².